The molecule has 0 radical (unpaired) electrons. The van der Waals surface area contributed by atoms with Crippen molar-refractivity contribution >= 4 is 34.5 Å². The van der Waals surface area contributed by atoms with Crippen LogP contribution in [0.3, 0.4) is 0 Å². The first-order valence-corrected chi connectivity index (χ1v) is 11.7. The van der Waals surface area contributed by atoms with E-state index in [-0.39, 0.29) is 17.6 Å². The second kappa shape index (κ2) is 8.90. The van der Waals surface area contributed by atoms with E-state index in [0.29, 0.717) is 17.1 Å². The lowest BCUT2D eigenvalue weighted by Crippen LogP contribution is -2.32. The van der Waals surface area contributed by atoms with Gasteiger partial charge >= 0.3 is 0 Å². The first-order valence-electron chi connectivity index (χ1n) is 10.7. The van der Waals surface area contributed by atoms with Crippen LogP contribution in [0.4, 0.5) is 5.69 Å². The van der Waals surface area contributed by atoms with E-state index in [0.717, 1.165) is 11.1 Å². The van der Waals surface area contributed by atoms with Crippen LogP contribution in [0.25, 0.3) is 11.1 Å². The number of benzene rings is 1. The molecule has 2 aromatic heterocycles. The number of ether oxygens (including phenoxy) is 1. The van der Waals surface area contributed by atoms with Crippen molar-refractivity contribution in [3.63, 3.8) is 0 Å². The standard InChI is InChI=1S/C26H26N2O4S/c1-26(2,3)14-20(29)21-22(19-6-5-12-27-24(19)32-4)28(25(31)23(21)30)18-9-7-16(8-10-18)17-11-13-33-15-17/h5-13,15,21-22H,14H2,1-4H3. The summed E-state index contributed by atoms with van der Waals surface area (Å²) in [5.74, 6) is -2.47. The third-order valence-corrected chi connectivity index (χ3v) is 6.35. The highest BCUT2D eigenvalue weighted by Gasteiger charge is 2.53. The number of hydrogen-bond donors (Lipinski definition) is 0. The topological polar surface area (TPSA) is 76.6 Å². The maximum atomic E-state index is 13.3. The molecule has 0 spiro atoms. The zero-order valence-electron chi connectivity index (χ0n) is 19.1. The number of pyridine rings is 1. The van der Waals surface area contributed by atoms with Crippen molar-refractivity contribution in [2.24, 2.45) is 11.3 Å². The summed E-state index contributed by atoms with van der Waals surface area (Å²) in [6.45, 7) is 5.81. The monoisotopic (exact) mass is 462 g/mol. The zero-order valence-corrected chi connectivity index (χ0v) is 19.9. The fraction of sp³-hybridized carbons (Fsp3) is 0.308. The molecule has 1 aliphatic rings. The summed E-state index contributed by atoms with van der Waals surface area (Å²) in [7, 11) is 1.48. The van der Waals surface area contributed by atoms with Gasteiger partial charge in [-0.15, -0.1) is 0 Å². The van der Waals surface area contributed by atoms with E-state index < -0.39 is 23.7 Å². The van der Waals surface area contributed by atoms with Crippen molar-refractivity contribution < 1.29 is 19.1 Å². The zero-order chi connectivity index (χ0) is 23.8. The van der Waals surface area contributed by atoms with Gasteiger partial charge in [-0.05, 0) is 57.6 Å². The lowest BCUT2D eigenvalue weighted by atomic mass is 9.81. The van der Waals surface area contributed by atoms with Gasteiger partial charge in [0, 0.05) is 23.9 Å². The Bertz CT molecular complexity index is 1180. The van der Waals surface area contributed by atoms with Gasteiger partial charge in [0.1, 0.15) is 11.7 Å². The number of ketones is 2. The van der Waals surface area contributed by atoms with Crippen LogP contribution >= 0.6 is 11.3 Å². The Labute approximate surface area is 197 Å². The molecule has 0 bridgehead atoms. The van der Waals surface area contributed by atoms with E-state index in [1.165, 1.54) is 12.0 Å². The molecular formula is C26H26N2O4S. The summed E-state index contributed by atoms with van der Waals surface area (Å²) in [4.78, 5) is 45.4. The number of thiophene rings is 1. The van der Waals surface area contributed by atoms with E-state index in [4.69, 9.17) is 4.74 Å². The predicted molar refractivity (Wildman–Crippen MR) is 128 cm³/mol. The number of methoxy groups -OCH3 is 1. The first kappa shape index (κ1) is 22.9. The number of hydrogen-bond acceptors (Lipinski definition) is 6. The molecule has 1 aromatic carbocycles. The van der Waals surface area contributed by atoms with Gasteiger partial charge in [-0.3, -0.25) is 19.3 Å². The molecule has 170 valence electrons. The average molecular weight is 463 g/mol. The molecule has 7 heteroatoms. The van der Waals surface area contributed by atoms with Crippen molar-refractivity contribution in [2.75, 3.05) is 12.0 Å². The van der Waals surface area contributed by atoms with Crippen LogP contribution in [-0.4, -0.2) is 29.6 Å². The first-order chi connectivity index (χ1) is 15.7. The molecule has 3 aromatic rings. The molecule has 1 fully saturated rings. The minimum Gasteiger partial charge on any atom is -0.481 e. The molecule has 2 atom stereocenters. The molecule has 1 aliphatic heterocycles. The van der Waals surface area contributed by atoms with E-state index in [1.807, 2.05) is 61.9 Å². The Hall–Kier alpha value is -3.32. The summed E-state index contributed by atoms with van der Waals surface area (Å²) in [5.41, 5.74) is 2.86. The van der Waals surface area contributed by atoms with Crippen molar-refractivity contribution in [3.05, 3.63) is 65.0 Å². The summed E-state index contributed by atoms with van der Waals surface area (Å²) in [6, 6.07) is 12.1. The number of amides is 1. The number of Topliss-reactive ketones (excluding diaryl/α,β-unsaturated/α-hetero) is 2. The highest BCUT2D eigenvalue weighted by Crippen LogP contribution is 2.44. The summed E-state index contributed by atoms with van der Waals surface area (Å²) in [5, 5.41) is 4.05. The number of anilines is 1. The fourth-order valence-corrected chi connectivity index (χ4v) is 4.93. The minimum atomic E-state index is -1.12. The smallest absolute Gasteiger partial charge is 0.295 e. The molecule has 3 heterocycles. The van der Waals surface area contributed by atoms with Crippen LogP contribution in [0.5, 0.6) is 5.88 Å². The lowest BCUT2D eigenvalue weighted by molar-refractivity contribution is -0.139. The molecule has 2 unspecified atom stereocenters. The van der Waals surface area contributed by atoms with Crippen molar-refractivity contribution in [2.45, 2.75) is 33.2 Å². The van der Waals surface area contributed by atoms with Crippen molar-refractivity contribution in [3.8, 4) is 17.0 Å². The lowest BCUT2D eigenvalue weighted by Gasteiger charge is -2.29. The van der Waals surface area contributed by atoms with Gasteiger partial charge in [-0.25, -0.2) is 4.98 Å². The summed E-state index contributed by atoms with van der Waals surface area (Å²) < 4.78 is 5.44. The molecular weight excluding hydrogens is 436 g/mol. The average Bonchev–Trinajstić information content (AvgIpc) is 3.40. The maximum absolute atomic E-state index is 13.3. The quantitative estimate of drug-likeness (QED) is 0.376. The van der Waals surface area contributed by atoms with E-state index in [2.05, 4.69) is 4.98 Å². The second-order valence-electron chi connectivity index (χ2n) is 9.33. The van der Waals surface area contributed by atoms with Crippen LogP contribution in [0.1, 0.15) is 38.8 Å². The normalized spacial score (nSPS) is 18.6. The Morgan fingerprint density at radius 3 is 2.42 bits per heavy atom. The molecule has 1 saturated heterocycles. The molecule has 6 nitrogen and oxygen atoms in total. The van der Waals surface area contributed by atoms with Gasteiger partial charge in [0.25, 0.3) is 5.91 Å². The third-order valence-electron chi connectivity index (χ3n) is 5.67. The van der Waals surface area contributed by atoms with E-state index in [9.17, 15) is 14.4 Å². The SMILES string of the molecule is COc1ncccc1C1C(C(=O)CC(C)(C)C)C(=O)C(=O)N1c1ccc(-c2ccsc2)cc1. The van der Waals surface area contributed by atoms with Crippen molar-refractivity contribution in [1.29, 1.82) is 0 Å². The molecule has 4 rings (SSSR count). The highest BCUT2D eigenvalue weighted by molar-refractivity contribution is 7.08. The van der Waals surface area contributed by atoms with Crippen LogP contribution in [0.15, 0.2) is 59.4 Å². The Balaban J connectivity index is 1.81. The molecule has 33 heavy (non-hydrogen) atoms. The van der Waals surface area contributed by atoms with Gasteiger partial charge < -0.3 is 4.74 Å². The van der Waals surface area contributed by atoms with Crippen molar-refractivity contribution in [1.82, 2.24) is 4.98 Å². The molecule has 0 N–H and O–H groups in total. The molecule has 0 aliphatic carbocycles. The van der Waals surface area contributed by atoms with Crippen LogP contribution < -0.4 is 9.64 Å². The van der Waals surface area contributed by atoms with E-state index >= 15 is 0 Å². The molecule has 1 amide bonds. The predicted octanol–water partition coefficient (Wildman–Crippen LogP) is 5.10. The number of carbonyl (C=O) groups excluding carboxylic acids is 3. The largest absolute Gasteiger partial charge is 0.481 e. The van der Waals surface area contributed by atoms with Crippen LogP contribution in [0.2, 0.25) is 0 Å². The van der Waals surface area contributed by atoms with Gasteiger partial charge in [0.05, 0.1) is 13.2 Å². The van der Waals surface area contributed by atoms with E-state index in [1.54, 1.807) is 29.7 Å². The summed E-state index contributed by atoms with van der Waals surface area (Å²) >= 11 is 1.61. The Morgan fingerprint density at radius 1 is 1.09 bits per heavy atom. The van der Waals surface area contributed by atoms with Gasteiger partial charge in [-0.1, -0.05) is 32.9 Å². The number of aromatic nitrogens is 1. The molecule has 0 saturated carbocycles. The second-order valence-corrected chi connectivity index (χ2v) is 10.1. The maximum Gasteiger partial charge on any atom is 0.295 e. The summed E-state index contributed by atoms with van der Waals surface area (Å²) in [6.07, 6.45) is 1.76. The number of carbonyl (C=O) groups is 3. The van der Waals surface area contributed by atoms with Gasteiger partial charge in [-0.2, -0.15) is 11.3 Å². The van der Waals surface area contributed by atoms with Gasteiger partial charge in [0.2, 0.25) is 11.7 Å². The fourth-order valence-electron chi connectivity index (χ4n) is 4.26. The van der Waals surface area contributed by atoms with Crippen LogP contribution in [-0.2, 0) is 14.4 Å². The third kappa shape index (κ3) is 4.46. The Kier molecular flexibility index (Phi) is 6.17. The van der Waals surface area contributed by atoms with Gasteiger partial charge in [0.15, 0.2) is 0 Å². The number of nitrogens with zero attached hydrogens (tertiary/aromatic N) is 2. The van der Waals surface area contributed by atoms with Crippen LogP contribution in [0, 0.1) is 11.3 Å². The Morgan fingerprint density at radius 2 is 1.82 bits per heavy atom. The number of rotatable bonds is 6. The highest BCUT2D eigenvalue weighted by atomic mass is 32.1. The minimum absolute atomic E-state index is 0.181.